The summed E-state index contributed by atoms with van der Waals surface area (Å²) >= 11 is 5.83. The summed E-state index contributed by atoms with van der Waals surface area (Å²) < 4.78 is 6.27. The van der Waals surface area contributed by atoms with Crippen LogP contribution in [0, 0.1) is 17.0 Å². The first-order chi connectivity index (χ1) is 10.9. The predicted molar refractivity (Wildman–Crippen MR) is 83.5 cm³/mol. The van der Waals surface area contributed by atoms with Crippen LogP contribution in [-0.2, 0) is 17.9 Å². The van der Waals surface area contributed by atoms with E-state index in [2.05, 4.69) is 10.4 Å². The predicted octanol–water partition coefficient (Wildman–Crippen LogP) is 2.08. The molecule has 1 amide bonds. The second-order valence-electron chi connectivity index (χ2n) is 4.76. The molecule has 23 heavy (non-hydrogen) atoms. The summed E-state index contributed by atoms with van der Waals surface area (Å²) in [6.45, 7) is 1.76. The molecule has 0 aliphatic rings. The molecule has 0 aliphatic carbocycles. The highest BCUT2D eigenvalue weighted by molar-refractivity contribution is 6.33. The number of rotatable bonds is 6. The molecule has 8 nitrogen and oxygen atoms in total. The molecule has 0 bridgehead atoms. The number of carbonyl (C=O) groups is 1. The first kappa shape index (κ1) is 16.8. The van der Waals surface area contributed by atoms with Gasteiger partial charge in [-0.3, -0.25) is 4.79 Å². The van der Waals surface area contributed by atoms with E-state index in [1.54, 1.807) is 26.2 Å². The average molecular weight is 339 g/mol. The number of nitrogens with zero attached hydrogens (tertiary/aromatic N) is 3. The number of amides is 1. The van der Waals surface area contributed by atoms with E-state index in [1.807, 2.05) is 12.1 Å². The lowest BCUT2D eigenvalue weighted by atomic mass is 10.2. The molecule has 0 unspecified atom stereocenters. The molecule has 2 rings (SSSR count). The Morgan fingerprint density at radius 3 is 2.61 bits per heavy atom. The van der Waals surface area contributed by atoms with Crippen LogP contribution in [0.15, 0.2) is 24.3 Å². The fourth-order valence-corrected chi connectivity index (χ4v) is 2.12. The highest BCUT2D eigenvalue weighted by Gasteiger charge is 2.24. The highest BCUT2D eigenvalue weighted by atomic mass is 35.5. The first-order valence-corrected chi connectivity index (χ1v) is 7.07. The minimum Gasteiger partial charge on any atom is -0.497 e. The van der Waals surface area contributed by atoms with Crippen LogP contribution < -0.4 is 10.1 Å². The first-order valence-electron chi connectivity index (χ1n) is 6.69. The zero-order chi connectivity index (χ0) is 17.0. The fourth-order valence-electron chi connectivity index (χ4n) is 1.91. The Morgan fingerprint density at radius 2 is 2.09 bits per heavy atom. The molecule has 122 valence electrons. The van der Waals surface area contributed by atoms with Crippen molar-refractivity contribution in [3.63, 3.8) is 0 Å². The van der Waals surface area contributed by atoms with Gasteiger partial charge in [0.15, 0.2) is 5.02 Å². The van der Waals surface area contributed by atoms with Gasteiger partial charge in [0.2, 0.25) is 5.91 Å². The third-order valence-electron chi connectivity index (χ3n) is 3.23. The Hall–Kier alpha value is -2.61. The fraction of sp³-hybridized carbons (Fsp3) is 0.286. The van der Waals surface area contributed by atoms with Crippen LogP contribution in [0.1, 0.15) is 11.3 Å². The summed E-state index contributed by atoms with van der Waals surface area (Å²) in [4.78, 5) is 22.0. The van der Waals surface area contributed by atoms with Crippen molar-refractivity contribution in [3.05, 3.63) is 50.7 Å². The molecule has 0 fully saturated rings. The van der Waals surface area contributed by atoms with Crippen molar-refractivity contribution >= 4 is 23.3 Å². The topological polar surface area (TPSA) is 99.3 Å². The molecule has 0 spiro atoms. The molecule has 0 saturated heterocycles. The van der Waals surface area contributed by atoms with E-state index in [1.165, 1.54) is 4.68 Å². The number of aromatic nitrogens is 2. The Balaban J connectivity index is 1.97. The zero-order valence-electron chi connectivity index (χ0n) is 12.6. The van der Waals surface area contributed by atoms with Crippen molar-refractivity contribution in [2.24, 2.45) is 0 Å². The summed E-state index contributed by atoms with van der Waals surface area (Å²) in [5, 5.41) is 17.2. The van der Waals surface area contributed by atoms with Gasteiger partial charge in [-0.1, -0.05) is 23.7 Å². The van der Waals surface area contributed by atoms with E-state index in [-0.39, 0.29) is 17.5 Å². The maximum absolute atomic E-state index is 11.9. The van der Waals surface area contributed by atoms with Crippen molar-refractivity contribution in [2.45, 2.75) is 20.0 Å². The van der Waals surface area contributed by atoms with E-state index in [9.17, 15) is 14.9 Å². The Labute approximate surface area is 137 Å². The van der Waals surface area contributed by atoms with Crippen LogP contribution in [-0.4, -0.2) is 27.7 Å². The van der Waals surface area contributed by atoms with Crippen LogP contribution in [0.2, 0.25) is 5.02 Å². The number of nitro groups is 1. The third-order valence-corrected chi connectivity index (χ3v) is 3.67. The minimum atomic E-state index is -0.679. The molecule has 2 aromatic rings. The number of hydrogen-bond acceptors (Lipinski definition) is 5. The number of carbonyl (C=O) groups excluding carboxylic acids is 1. The molecule has 0 atom stereocenters. The van der Waals surface area contributed by atoms with Crippen molar-refractivity contribution in [2.75, 3.05) is 7.11 Å². The minimum absolute atomic E-state index is 0.0574. The number of nitrogens with one attached hydrogen (secondary N) is 1. The van der Waals surface area contributed by atoms with Gasteiger partial charge < -0.3 is 20.2 Å². The molecule has 0 aliphatic heterocycles. The van der Waals surface area contributed by atoms with Gasteiger partial charge in [0.25, 0.3) is 0 Å². The standard InChI is InChI=1S/C14H15ClN4O4/c1-9-13(15)14(19(21)22)17-18(9)8-12(20)16-7-10-3-5-11(23-2)6-4-10/h3-6H,7-8H2,1-2H3,(H,16,20). The van der Waals surface area contributed by atoms with Crippen molar-refractivity contribution in [1.29, 1.82) is 0 Å². The Morgan fingerprint density at radius 1 is 1.43 bits per heavy atom. The molecule has 1 N–H and O–H groups in total. The lowest BCUT2D eigenvalue weighted by Gasteiger charge is -2.06. The van der Waals surface area contributed by atoms with Crippen LogP contribution in [0.4, 0.5) is 5.82 Å². The number of methoxy groups -OCH3 is 1. The van der Waals surface area contributed by atoms with Gasteiger partial charge in [-0.15, -0.1) is 0 Å². The third kappa shape index (κ3) is 3.98. The van der Waals surface area contributed by atoms with Crippen LogP contribution in [0.3, 0.4) is 0 Å². The monoisotopic (exact) mass is 338 g/mol. The van der Waals surface area contributed by atoms with Gasteiger partial charge in [0.1, 0.15) is 12.3 Å². The van der Waals surface area contributed by atoms with E-state index < -0.39 is 10.7 Å². The highest BCUT2D eigenvalue weighted by Crippen LogP contribution is 2.26. The van der Waals surface area contributed by atoms with Crippen LogP contribution in [0.25, 0.3) is 0 Å². The van der Waals surface area contributed by atoms with Gasteiger partial charge in [0.05, 0.1) is 17.9 Å². The molecule has 1 aromatic carbocycles. The molecule has 0 saturated carbocycles. The normalized spacial score (nSPS) is 10.4. The summed E-state index contributed by atoms with van der Waals surface area (Å²) in [5.41, 5.74) is 1.28. The lowest BCUT2D eigenvalue weighted by Crippen LogP contribution is -2.27. The average Bonchev–Trinajstić information content (AvgIpc) is 2.82. The smallest absolute Gasteiger partial charge is 0.408 e. The summed E-state index contributed by atoms with van der Waals surface area (Å²) in [5.74, 6) is -0.0423. The maximum atomic E-state index is 11.9. The number of ether oxygens (including phenoxy) is 1. The van der Waals surface area contributed by atoms with Crippen molar-refractivity contribution in [1.82, 2.24) is 15.1 Å². The van der Waals surface area contributed by atoms with Crippen LogP contribution >= 0.6 is 11.6 Å². The number of hydrogen-bond donors (Lipinski definition) is 1. The van der Waals surface area contributed by atoms with E-state index in [0.717, 1.165) is 11.3 Å². The van der Waals surface area contributed by atoms with Crippen molar-refractivity contribution in [3.8, 4) is 5.75 Å². The summed E-state index contributed by atoms with van der Waals surface area (Å²) in [7, 11) is 1.58. The lowest BCUT2D eigenvalue weighted by molar-refractivity contribution is -0.389. The molecule has 0 radical (unpaired) electrons. The maximum Gasteiger partial charge on any atom is 0.408 e. The van der Waals surface area contributed by atoms with E-state index in [4.69, 9.17) is 16.3 Å². The SMILES string of the molecule is COc1ccc(CNC(=O)Cn2nc([N+](=O)[O-])c(Cl)c2C)cc1. The van der Waals surface area contributed by atoms with Gasteiger partial charge in [0, 0.05) is 6.54 Å². The van der Waals surface area contributed by atoms with Gasteiger partial charge in [-0.2, -0.15) is 4.68 Å². The van der Waals surface area contributed by atoms with Gasteiger partial charge >= 0.3 is 5.82 Å². The molecule has 1 heterocycles. The van der Waals surface area contributed by atoms with E-state index >= 15 is 0 Å². The Bertz CT molecular complexity index is 727. The molecular formula is C14H15ClN4O4. The number of benzene rings is 1. The van der Waals surface area contributed by atoms with Crippen molar-refractivity contribution < 1.29 is 14.5 Å². The quantitative estimate of drug-likeness (QED) is 0.642. The number of halogens is 1. The second kappa shape index (κ2) is 7.10. The molecular weight excluding hydrogens is 324 g/mol. The molecule has 9 heteroatoms. The summed E-state index contributed by atoms with van der Waals surface area (Å²) in [6.07, 6.45) is 0. The summed E-state index contributed by atoms with van der Waals surface area (Å²) in [6, 6.07) is 7.25. The van der Waals surface area contributed by atoms with Gasteiger partial charge in [-0.25, -0.2) is 0 Å². The zero-order valence-corrected chi connectivity index (χ0v) is 13.3. The Kier molecular flexibility index (Phi) is 5.17. The molecule has 1 aromatic heterocycles. The van der Waals surface area contributed by atoms with Gasteiger partial charge in [-0.05, 0) is 29.5 Å². The van der Waals surface area contributed by atoms with E-state index in [0.29, 0.717) is 12.2 Å². The van der Waals surface area contributed by atoms with Crippen LogP contribution in [0.5, 0.6) is 5.75 Å². The second-order valence-corrected chi connectivity index (χ2v) is 5.14. The largest absolute Gasteiger partial charge is 0.497 e.